The van der Waals surface area contributed by atoms with Gasteiger partial charge in [0.25, 0.3) is 0 Å². The Kier molecular flexibility index (Phi) is 8.06. The largest absolute Gasteiger partial charge is 0.477 e. The summed E-state index contributed by atoms with van der Waals surface area (Å²) in [7, 11) is 0. The van der Waals surface area contributed by atoms with E-state index in [0.717, 1.165) is 57.8 Å². The maximum Gasteiger partial charge on any atom is 0.348 e. The fourth-order valence-electron chi connectivity index (χ4n) is 4.89. The highest BCUT2D eigenvalue weighted by atomic mass is 32.1. The van der Waals surface area contributed by atoms with Crippen LogP contribution in [0.3, 0.4) is 0 Å². The molecule has 2 fully saturated rings. The molecule has 3 rings (SSSR count). The van der Waals surface area contributed by atoms with Gasteiger partial charge in [0, 0.05) is 23.4 Å². The predicted octanol–water partition coefficient (Wildman–Crippen LogP) is 5.66. The molecule has 0 spiro atoms. The van der Waals surface area contributed by atoms with Crippen molar-refractivity contribution >= 4 is 28.9 Å². The second-order valence-corrected chi connectivity index (χ2v) is 11.6. The molecule has 6 heteroatoms. The van der Waals surface area contributed by atoms with Gasteiger partial charge in [0.1, 0.15) is 4.88 Å². The van der Waals surface area contributed by atoms with Gasteiger partial charge in [0.05, 0.1) is 10.6 Å². The van der Waals surface area contributed by atoms with Gasteiger partial charge in [-0.2, -0.15) is 0 Å². The van der Waals surface area contributed by atoms with Crippen molar-refractivity contribution in [3.05, 3.63) is 15.8 Å². The van der Waals surface area contributed by atoms with Crippen molar-refractivity contribution in [2.75, 3.05) is 4.90 Å². The van der Waals surface area contributed by atoms with Gasteiger partial charge in [-0.15, -0.1) is 11.3 Å². The molecular formula is C26H38N2O3S. The highest BCUT2D eigenvalue weighted by Gasteiger charge is 2.37. The minimum Gasteiger partial charge on any atom is -0.477 e. The van der Waals surface area contributed by atoms with E-state index in [9.17, 15) is 14.7 Å². The van der Waals surface area contributed by atoms with Crippen molar-refractivity contribution in [3.8, 4) is 11.8 Å². The summed E-state index contributed by atoms with van der Waals surface area (Å²) in [5.41, 5.74) is 6.49. The number of hydrogen-bond acceptors (Lipinski definition) is 4. The van der Waals surface area contributed by atoms with E-state index < -0.39 is 5.97 Å². The van der Waals surface area contributed by atoms with Crippen molar-refractivity contribution in [3.63, 3.8) is 0 Å². The molecule has 3 N–H and O–H groups in total. The van der Waals surface area contributed by atoms with E-state index in [0.29, 0.717) is 16.5 Å². The molecule has 1 amide bonds. The van der Waals surface area contributed by atoms with Crippen molar-refractivity contribution in [2.24, 2.45) is 23.0 Å². The number of aromatic carboxylic acids is 1. The third kappa shape index (κ3) is 6.14. The lowest BCUT2D eigenvalue weighted by atomic mass is 9.79. The summed E-state index contributed by atoms with van der Waals surface area (Å²) in [6.45, 7) is 8.30. The Bertz CT molecular complexity index is 873. The van der Waals surface area contributed by atoms with Crippen LogP contribution in [-0.4, -0.2) is 29.1 Å². The minimum atomic E-state index is -0.992. The number of nitrogens with two attached hydrogens (primary N) is 1. The molecule has 0 bridgehead atoms. The average molecular weight is 459 g/mol. The Morgan fingerprint density at radius 1 is 1.12 bits per heavy atom. The third-order valence-corrected chi connectivity index (χ3v) is 7.87. The molecule has 176 valence electrons. The summed E-state index contributed by atoms with van der Waals surface area (Å²) in [6, 6.07) is 2.00. The van der Waals surface area contributed by atoms with E-state index in [1.807, 2.05) is 31.7 Å². The Balaban J connectivity index is 1.97. The number of hydrogen-bond donors (Lipinski definition) is 2. The molecule has 1 aromatic heterocycles. The van der Waals surface area contributed by atoms with Gasteiger partial charge in [0.15, 0.2) is 0 Å². The summed E-state index contributed by atoms with van der Waals surface area (Å²) >= 11 is 1.18. The molecule has 0 saturated heterocycles. The molecule has 2 aliphatic rings. The molecule has 0 unspecified atom stereocenters. The molecule has 0 atom stereocenters. The van der Waals surface area contributed by atoms with E-state index in [-0.39, 0.29) is 34.2 Å². The van der Waals surface area contributed by atoms with Gasteiger partial charge in [-0.05, 0) is 84.1 Å². The molecule has 5 nitrogen and oxygen atoms in total. The van der Waals surface area contributed by atoms with E-state index in [1.54, 1.807) is 0 Å². The molecule has 1 heterocycles. The summed E-state index contributed by atoms with van der Waals surface area (Å²) in [4.78, 5) is 28.8. The quantitative estimate of drug-likeness (QED) is 0.557. The predicted molar refractivity (Wildman–Crippen MR) is 131 cm³/mol. The fraction of sp³-hybridized carbons (Fsp3) is 0.692. The smallest absolute Gasteiger partial charge is 0.348 e. The van der Waals surface area contributed by atoms with Crippen LogP contribution in [0.2, 0.25) is 0 Å². The van der Waals surface area contributed by atoms with Crippen LogP contribution >= 0.6 is 11.3 Å². The van der Waals surface area contributed by atoms with E-state index in [1.165, 1.54) is 11.3 Å². The molecule has 2 aliphatic carbocycles. The van der Waals surface area contributed by atoms with Crippen LogP contribution in [0.4, 0.5) is 5.69 Å². The fourth-order valence-corrected chi connectivity index (χ4v) is 5.74. The zero-order chi connectivity index (χ0) is 23.5. The van der Waals surface area contributed by atoms with Crippen LogP contribution in [0, 0.1) is 29.1 Å². The molecule has 0 radical (unpaired) electrons. The number of carbonyl (C=O) groups is 2. The van der Waals surface area contributed by atoms with Gasteiger partial charge in [-0.1, -0.05) is 25.2 Å². The maximum absolute atomic E-state index is 13.8. The van der Waals surface area contributed by atoms with Gasteiger partial charge in [0.2, 0.25) is 5.91 Å². The number of amides is 1. The van der Waals surface area contributed by atoms with E-state index in [4.69, 9.17) is 5.73 Å². The Morgan fingerprint density at radius 3 is 2.28 bits per heavy atom. The second kappa shape index (κ2) is 10.4. The van der Waals surface area contributed by atoms with Crippen LogP contribution in [0.25, 0.3) is 0 Å². The molecule has 0 aliphatic heterocycles. The first-order valence-electron chi connectivity index (χ1n) is 12.1. The van der Waals surface area contributed by atoms with Crippen LogP contribution in [0.5, 0.6) is 0 Å². The standard InChI is InChI=1S/C26H38N2O3S/c1-5-17-6-8-18(9-7-17)24(29)28(20-12-10-19(27)11-13-20)22-16-21(14-15-26(2,3)4)32-23(22)25(30)31/h16-20H,5-13,27H2,1-4H3,(H,30,31). The van der Waals surface area contributed by atoms with E-state index >= 15 is 0 Å². The summed E-state index contributed by atoms with van der Waals surface area (Å²) in [6.07, 6.45) is 8.45. The summed E-state index contributed by atoms with van der Waals surface area (Å²) in [5.74, 6) is 6.11. The topological polar surface area (TPSA) is 83.6 Å². The molecule has 32 heavy (non-hydrogen) atoms. The van der Waals surface area contributed by atoms with Gasteiger partial charge >= 0.3 is 5.97 Å². The molecule has 0 aromatic carbocycles. The lowest BCUT2D eigenvalue weighted by Gasteiger charge is -2.39. The zero-order valence-electron chi connectivity index (χ0n) is 19.9. The number of anilines is 1. The number of carboxylic acid groups (broad SMARTS) is 1. The van der Waals surface area contributed by atoms with Crippen LogP contribution in [0.1, 0.15) is 100 Å². The lowest BCUT2D eigenvalue weighted by Crippen LogP contribution is -2.47. The number of nitrogens with zero attached hydrogens (tertiary/aromatic N) is 1. The Hall–Kier alpha value is -1.84. The Morgan fingerprint density at radius 2 is 1.75 bits per heavy atom. The lowest BCUT2D eigenvalue weighted by molar-refractivity contribution is -0.124. The number of carbonyl (C=O) groups excluding carboxylic acids is 1. The number of carboxylic acids is 1. The van der Waals surface area contributed by atoms with Crippen LogP contribution in [0.15, 0.2) is 6.07 Å². The normalized spacial score (nSPS) is 26.2. The number of rotatable bonds is 5. The van der Waals surface area contributed by atoms with Crippen LogP contribution < -0.4 is 10.6 Å². The third-order valence-electron chi connectivity index (χ3n) is 6.84. The van der Waals surface area contributed by atoms with Gasteiger partial charge in [-0.3, -0.25) is 4.79 Å². The highest BCUT2D eigenvalue weighted by molar-refractivity contribution is 7.15. The summed E-state index contributed by atoms with van der Waals surface area (Å²) < 4.78 is 0. The molecular weight excluding hydrogens is 420 g/mol. The first-order valence-corrected chi connectivity index (χ1v) is 12.9. The van der Waals surface area contributed by atoms with Crippen molar-refractivity contribution in [1.82, 2.24) is 0 Å². The van der Waals surface area contributed by atoms with Crippen molar-refractivity contribution in [2.45, 2.75) is 97.6 Å². The Labute approximate surface area is 196 Å². The highest BCUT2D eigenvalue weighted by Crippen LogP contribution is 2.39. The number of thiophene rings is 1. The second-order valence-electron chi connectivity index (χ2n) is 10.5. The first kappa shape index (κ1) is 24.8. The van der Waals surface area contributed by atoms with Crippen molar-refractivity contribution < 1.29 is 14.7 Å². The van der Waals surface area contributed by atoms with Crippen LogP contribution in [-0.2, 0) is 4.79 Å². The minimum absolute atomic E-state index is 0.00215. The van der Waals surface area contributed by atoms with Gasteiger partial charge < -0.3 is 15.7 Å². The van der Waals surface area contributed by atoms with E-state index in [2.05, 4.69) is 18.8 Å². The summed E-state index contributed by atoms with van der Waals surface area (Å²) in [5, 5.41) is 9.96. The molecule has 1 aromatic rings. The van der Waals surface area contributed by atoms with Gasteiger partial charge in [-0.25, -0.2) is 4.79 Å². The monoisotopic (exact) mass is 458 g/mol. The first-order chi connectivity index (χ1) is 15.1. The zero-order valence-corrected chi connectivity index (χ0v) is 20.8. The SMILES string of the molecule is CCC1CCC(C(=O)N(c2cc(C#CC(C)(C)C)sc2C(=O)O)C2CCC(N)CC2)CC1. The maximum atomic E-state index is 13.8. The van der Waals surface area contributed by atoms with Crippen molar-refractivity contribution in [1.29, 1.82) is 0 Å². The molecule has 2 saturated carbocycles. The average Bonchev–Trinajstić information content (AvgIpc) is 3.17.